The molecule has 128 valence electrons. The maximum absolute atomic E-state index is 12.9. The van der Waals surface area contributed by atoms with E-state index in [1.54, 1.807) is 16.7 Å². The van der Waals surface area contributed by atoms with Crippen LogP contribution in [-0.4, -0.2) is 39.3 Å². The number of benzene rings is 1. The first-order chi connectivity index (χ1) is 11.7. The van der Waals surface area contributed by atoms with Crippen molar-refractivity contribution in [2.45, 2.75) is 32.2 Å². The van der Waals surface area contributed by atoms with E-state index in [0.717, 1.165) is 43.9 Å². The first kappa shape index (κ1) is 16.6. The summed E-state index contributed by atoms with van der Waals surface area (Å²) in [5, 5.41) is 6.79. The fourth-order valence-corrected chi connectivity index (χ4v) is 3.29. The number of likely N-dealkylation sites (tertiary alicyclic amines) is 1. The molecular formula is C18H23FN4O. The zero-order valence-electron chi connectivity index (χ0n) is 13.9. The second kappa shape index (κ2) is 7.57. The van der Waals surface area contributed by atoms with Crippen LogP contribution in [0, 0.1) is 5.82 Å². The van der Waals surface area contributed by atoms with Gasteiger partial charge >= 0.3 is 5.69 Å². The van der Waals surface area contributed by atoms with Crippen LogP contribution in [0.4, 0.5) is 4.39 Å². The van der Waals surface area contributed by atoms with Gasteiger partial charge in [-0.2, -0.15) is 5.10 Å². The van der Waals surface area contributed by atoms with Gasteiger partial charge in [0.2, 0.25) is 0 Å². The third-order valence-electron chi connectivity index (χ3n) is 4.52. The third kappa shape index (κ3) is 3.82. The van der Waals surface area contributed by atoms with Gasteiger partial charge in [-0.1, -0.05) is 24.3 Å². The van der Waals surface area contributed by atoms with Gasteiger partial charge in [-0.3, -0.25) is 9.47 Å². The van der Waals surface area contributed by atoms with E-state index in [1.807, 2.05) is 13.0 Å². The van der Waals surface area contributed by atoms with Crippen molar-refractivity contribution in [3.63, 3.8) is 0 Å². The van der Waals surface area contributed by atoms with Gasteiger partial charge in [0.25, 0.3) is 0 Å². The number of piperidine rings is 1. The molecule has 0 bridgehead atoms. The molecule has 0 aliphatic carbocycles. The molecule has 0 radical (unpaired) electrons. The lowest BCUT2D eigenvalue weighted by atomic mass is 9.97. The zero-order chi connectivity index (χ0) is 16.9. The fourth-order valence-electron chi connectivity index (χ4n) is 3.29. The molecule has 1 fully saturated rings. The first-order valence-corrected chi connectivity index (χ1v) is 8.47. The number of hydrogen-bond donors (Lipinski definition) is 1. The molecule has 1 atom stereocenters. The molecule has 1 aliphatic heterocycles. The lowest BCUT2D eigenvalue weighted by molar-refractivity contribution is 0.221. The molecule has 3 rings (SSSR count). The summed E-state index contributed by atoms with van der Waals surface area (Å²) in [7, 11) is 0. The van der Waals surface area contributed by atoms with Gasteiger partial charge in [-0.25, -0.2) is 14.3 Å². The van der Waals surface area contributed by atoms with Gasteiger partial charge in [-0.05, 0) is 44.0 Å². The Morgan fingerprint density at radius 1 is 1.38 bits per heavy atom. The molecule has 0 amide bonds. The van der Waals surface area contributed by atoms with Crippen LogP contribution in [-0.2, 0) is 6.54 Å². The van der Waals surface area contributed by atoms with Gasteiger partial charge in [0.15, 0.2) is 0 Å². The molecular weight excluding hydrogens is 307 g/mol. The van der Waals surface area contributed by atoms with E-state index in [1.165, 1.54) is 12.1 Å². The second-order valence-corrected chi connectivity index (χ2v) is 6.18. The van der Waals surface area contributed by atoms with Gasteiger partial charge in [0.05, 0.1) is 0 Å². The number of H-pyrrole nitrogens is 1. The first-order valence-electron chi connectivity index (χ1n) is 8.47. The third-order valence-corrected chi connectivity index (χ3v) is 4.52. The molecule has 1 aromatic carbocycles. The van der Waals surface area contributed by atoms with E-state index in [-0.39, 0.29) is 17.4 Å². The standard InChI is InChI=1S/C18H23FN4O/c1-2-23-17(20-21-18(23)24)15-6-4-12-22(13-15)11-3-5-14-7-9-16(19)10-8-14/h3,5,7-10,15H,2,4,6,11-13H2,1H3,(H,21,24)/b5-3+. The Morgan fingerprint density at radius 3 is 2.92 bits per heavy atom. The van der Waals surface area contributed by atoms with Crippen molar-refractivity contribution in [2.75, 3.05) is 19.6 Å². The SMILES string of the molecule is CCn1c(C2CCCN(C/C=C/c3ccc(F)cc3)C2)n[nH]c1=O. The van der Waals surface area contributed by atoms with Crippen LogP contribution >= 0.6 is 0 Å². The number of aromatic amines is 1. The number of nitrogens with zero attached hydrogens (tertiary/aromatic N) is 3. The summed E-state index contributed by atoms with van der Waals surface area (Å²) in [6, 6.07) is 6.49. The maximum Gasteiger partial charge on any atom is 0.343 e. The molecule has 1 aromatic heterocycles. The van der Waals surface area contributed by atoms with Gasteiger partial charge in [0, 0.05) is 25.6 Å². The van der Waals surface area contributed by atoms with Crippen LogP contribution in [0.2, 0.25) is 0 Å². The highest BCUT2D eigenvalue weighted by Gasteiger charge is 2.25. The topological polar surface area (TPSA) is 53.9 Å². The van der Waals surface area contributed by atoms with Crippen molar-refractivity contribution in [3.05, 3.63) is 58.0 Å². The highest BCUT2D eigenvalue weighted by Crippen LogP contribution is 2.24. The molecule has 1 saturated heterocycles. The largest absolute Gasteiger partial charge is 0.343 e. The van der Waals surface area contributed by atoms with Crippen LogP contribution in [0.3, 0.4) is 0 Å². The maximum atomic E-state index is 12.9. The number of rotatable bonds is 5. The van der Waals surface area contributed by atoms with Crippen molar-refractivity contribution < 1.29 is 4.39 Å². The summed E-state index contributed by atoms with van der Waals surface area (Å²) < 4.78 is 14.6. The van der Waals surface area contributed by atoms with Gasteiger partial charge < -0.3 is 0 Å². The van der Waals surface area contributed by atoms with Crippen LogP contribution < -0.4 is 5.69 Å². The van der Waals surface area contributed by atoms with E-state index in [9.17, 15) is 9.18 Å². The highest BCUT2D eigenvalue weighted by atomic mass is 19.1. The van der Waals surface area contributed by atoms with Crippen molar-refractivity contribution in [2.24, 2.45) is 0 Å². The van der Waals surface area contributed by atoms with Crippen LogP contribution in [0.15, 0.2) is 35.1 Å². The highest BCUT2D eigenvalue weighted by molar-refractivity contribution is 5.48. The minimum atomic E-state index is -0.216. The molecule has 0 saturated carbocycles. The monoisotopic (exact) mass is 330 g/mol. The number of halogens is 1. The normalized spacial score (nSPS) is 19.2. The van der Waals surface area contributed by atoms with E-state index < -0.39 is 0 Å². The average molecular weight is 330 g/mol. The van der Waals surface area contributed by atoms with Crippen molar-refractivity contribution in [1.82, 2.24) is 19.7 Å². The van der Waals surface area contributed by atoms with E-state index in [4.69, 9.17) is 0 Å². The Labute approximate surface area is 140 Å². The molecule has 1 N–H and O–H groups in total. The zero-order valence-corrected chi connectivity index (χ0v) is 13.9. The Kier molecular flexibility index (Phi) is 5.25. The molecule has 0 spiro atoms. The minimum Gasteiger partial charge on any atom is -0.299 e. The summed E-state index contributed by atoms with van der Waals surface area (Å²) in [5.74, 6) is 0.943. The Morgan fingerprint density at radius 2 is 2.17 bits per heavy atom. The number of nitrogens with one attached hydrogen (secondary N) is 1. The smallest absolute Gasteiger partial charge is 0.299 e. The van der Waals surface area contributed by atoms with Crippen molar-refractivity contribution in [1.29, 1.82) is 0 Å². The predicted octanol–water partition coefficient (Wildman–Crippen LogP) is 2.62. The molecule has 5 nitrogen and oxygen atoms in total. The van der Waals surface area contributed by atoms with Crippen LogP contribution in [0.1, 0.15) is 37.1 Å². The summed E-state index contributed by atoms with van der Waals surface area (Å²) in [6.45, 7) is 5.40. The Bertz CT molecular complexity index is 747. The Hall–Kier alpha value is -2.21. The molecule has 24 heavy (non-hydrogen) atoms. The minimum absolute atomic E-state index is 0.124. The molecule has 2 aromatic rings. The van der Waals surface area contributed by atoms with Gasteiger partial charge in [0.1, 0.15) is 11.6 Å². The lowest BCUT2D eigenvalue weighted by Crippen LogP contribution is -2.36. The van der Waals surface area contributed by atoms with E-state index in [0.29, 0.717) is 6.54 Å². The van der Waals surface area contributed by atoms with Crippen molar-refractivity contribution >= 4 is 6.08 Å². The van der Waals surface area contributed by atoms with Crippen molar-refractivity contribution in [3.8, 4) is 0 Å². The molecule has 1 aliphatic rings. The molecule has 1 unspecified atom stereocenters. The summed E-state index contributed by atoms with van der Waals surface area (Å²) in [5.41, 5.74) is 0.873. The molecule has 6 heteroatoms. The average Bonchev–Trinajstić information content (AvgIpc) is 2.98. The van der Waals surface area contributed by atoms with E-state index >= 15 is 0 Å². The Balaban J connectivity index is 1.61. The van der Waals surface area contributed by atoms with E-state index in [2.05, 4.69) is 21.2 Å². The summed E-state index contributed by atoms with van der Waals surface area (Å²) >= 11 is 0. The summed E-state index contributed by atoms with van der Waals surface area (Å²) in [4.78, 5) is 14.1. The summed E-state index contributed by atoms with van der Waals surface area (Å²) in [6.07, 6.45) is 6.27. The van der Waals surface area contributed by atoms with Crippen LogP contribution in [0.5, 0.6) is 0 Å². The number of aromatic nitrogens is 3. The predicted molar refractivity (Wildman–Crippen MR) is 92.4 cm³/mol. The van der Waals surface area contributed by atoms with Crippen LogP contribution in [0.25, 0.3) is 6.08 Å². The quantitative estimate of drug-likeness (QED) is 0.917. The van der Waals surface area contributed by atoms with Gasteiger partial charge in [-0.15, -0.1) is 0 Å². The fraction of sp³-hybridized carbons (Fsp3) is 0.444. The molecule has 2 heterocycles. The second-order valence-electron chi connectivity index (χ2n) is 6.18. The number of hydrogen-bond acceptors (Lipinski definition) is 3. The lowest BCUT2D eigenvalue weighted by Gasteiger charge is -2.31.